The Labute approximate surface area is 130 Å². The summed E-state index contributed by atoms with van der Waals surface area (Å²) in [4.78, 5) is 0.761. The number of alkyl halides is 3. The molecule has 3 nitrogen and oxygen atoms in total. The third kappa shape index (κ3) is 3.75. The molecule has 0 bridgehead atoms. The number of anilines is 1. The summed E-state index contributed by atoms with van der Waals surface area (Å²) in [5, 5.41) is 0. The fourth-order valence-corrected chi connectivity index (χ4v) is 3.27. The van der Waals surface area contributed by atoms with Crippen LogP contribution in [0.15, 0.2) is 58.3 Å². The highest BCUT2D eigenvalue weighted by Crippen LogP contribution is 2.35. The lowest BCUT2D eigenvalue weighted by Crippen LogP contribution is -2.17. The van der Waals surface area contributed by atoms with E-state index in [4.69, 9.17) is 0 Å². The SMILES string of the molecule is CSc1ccc(S(=O)(=O)Nc2ccccc2C(F)(F)F)cc1. The van der Waals surface area contributed by atoms with Crippen molar-refractivity contribution in [2.45, 2.75) is 16.0 Å². The van der Waals surface area contributed by atoms with E-state index in [0.717, 1.165) is 17.0 Å². The summed E-state index contributed by atoms with van der Waals surface area (Å²) in [5.41, 5.74) is -1.52. The van der Waals surface area contributed by atoms with Crippen LogP contribution in [0.4, 0.5) is 18.9 Å². The Balaban J connectivity index is 2.37. The van der Waals surface area contributed by atoms with Gasteiger partial charge in [0.15, 0.2) is 0 Å². The van der Waals surface area contributed by atoms with E-state index < -0.39 is 27.5 Å². The second kappa shape index (κ2) is 6.21. The van der Waals surface area contributed by atoms with Crippen LogP contribution >= 0.6 is 11.8 Å². The molecule has 0 spiro atoms. The first-order valence-electron chi connectivity index (χ1n) is 6.07. The molecule has 0 aliphatic rings. The molecule has 0 amide bonds. The van der Waals surface area contributed by atoms with Gasteiger partial charge in [-0.1, -0.05) is 12.1 Å². The molecule has 0 aliphatic carbocycles. The van der Waals surface area contributed by atoms with Gasteiger partial charge in [-0.05, 0) is 42.7 Å². The summed E-state index contributed by atoms with van der Waals surface area (Å²) in [6.45, 7) is 0. The molecule has 22 heavy (non-hydrogen) atoms. The maximum atomic E-state index is 12.9. The van der Waals surface area contributed by atoms with E-state index in [-0.39, 0.29) is 4.90 Å². The number of hydrogen-bond donors (Lipinski definition) is 1. The minimum atomic E-state index is -4.64. The van der Waals surface area contributed by atoms with Crippen LogP contribution in [0.2, 0.25) is 0 Å². The number of hydrogen-bond acceptors (Lipinski definition) is 3. The number of rotatable bonds is 4. The zero-order valence-corrected chi connectivity index (χ0v) is 13.0. The molecule has 0 aromatic heterocycles. The van der Waals surface area contributed by atoms with Gasteiger partial charge >= 0.3 is 6.18 Å². The van der Waals surface area contributed by atoms with Gasteiger partial charge < -0.3 is 0 Å². The monoisotopic (exact) mass is 347 g/mol. The average molecular weight is 347 g/mol. The lowest BCUT2D eigenvalue weighted by atomic mass is 10.2. The molecule has 2 aromatic rings. The van der Waals surface area contributed by atoms with Crippen molar-refractivity contribution in [1.82, 2.24) is 0 Å². The predicted octanol–water partition coefficient (Wildman–Crippen LogP) is 4.23. The number of thioether (sulfide) groups is 1. The summed E-state index contributed by atoms with van der Waals surface area (Å²) in [6.07, 6.45) is -2.80. The van der Waals surface area contributed by atoms with Crippen LogP contribution in [-0.2, 0) is 16.2 Å². The smallest absolute Gasteiger partial charge is 0.279 e. The van der Waals surface area contributed by atoms with Crippen LogP contribution in [0.25, 0.3) is 0 Å². The standard InChI is InChI=1S/C14H12F3NO2S2/c1-21-10-6-8-11(9-7-10)22(19,20)18-13-5-3-2-4-12(13)14(15,16)17/h2-9,18H,1H3. The fraction of sp³-hybridized carbons (Fsp3) is 0.143. The first-order valence-corrected chi connectivity index (χ1v) is 8.78. The summed E-state index contributed by atoms with van der Waals surface area (Å²) < 4.78 is 65.0. The Kier molecular flexibility index (Phi) is 4.72. The van der Waals surface area contributed by atoms with Crippen molar-refractivity contribution < 1.29 is 21.6 Å². The van der Waals surface area contributed by atoms with Crippen molar-refractivity contribution >= 4 is 27.5 Å². The highest BCUT2D eigenvalue weighted by molar-refractivity contribution is 7.98. The van der Waals surface area contributed by atoms with Gasteiger partial charge in [-0.3, -0.25) is 4.72 Å². The number of halogens is 3. The molecule has 2 aromatic carbocycles. The summed E-state index contributed by atoms with van der Waals surface area (Å²) in [6, 6.07) is 10.3. The highest BCUT2D eigenvalue weighted by Gasteiger charge is 2.34. The van der Waals surface area contributed by atoms with E-state index in [2.05, 4.69) is 0 Å². The molecule has 0 heterocycles. The van der Waals surface area contributed by atoms with Crippen LogP contribution in [-0.4, -0.2) is 14.7 Å². The Morgan fingerprint density at radius 2 is 1.59 bits per heavy atom. The van der Waals surface area contributed by atoms with E-state index in [1.165, 1.54) is 36.0 Å². The van der Waals surface area contributed by atoms with Crippen molar-refractivity contribution in [2.75, 3.05) is 11.0 Å². The predicted molar refractivity (Wildman–Crippen MR) is 80.5 cm³/mol. The van der Waals surface area contributed by atoms with Gasteiger partial charge in [-0.15, -0.1) is 11.8 Å². The van der Waals surface area contributed by atoms with Crippen LogP contribution in [0.1, 0.15) is 5.56 Å². The average Bonchev–Trinajstić information content (AvgIpc) is 2.46. The van der Waals surface area contributed by atoms with Crippen molar-refractivity contribution in [3.63, 3.8) is 0 Å². The first-order chi connectivity index (χ1) is 10.2. The lowest BCUT2D eigenvalue weighted by molar-refractivity contribution is -0.136. The Hall–Kier alpha value is -1.67. The van der Waals surface area contributed by atoms with Gasteiger partial charge in [0.1, 0.15) is 0 Å². The van der Waals surface area contributed by atoms with E-state index >= 15 is 0 Å². The number of para-hydroxylation sites is 1. The molecule has 0 fully saturated rings. The molecule has 0 saturated carbocycles. The van der Waals surface area contributed by atoms with Gasteiger partial charge in [0.2, 0.25) is 0 Å². The minimum Gasteiger partial charge on any atom is -0.279 e. The molecule has 0 atom stereocenters. The zero-order valence-electron chi connectivity index (χ0n) is 11.4. The fourth-order valence-electron chi connectivity index (χ4n) is 1.78. The molecule has 0 radical (unpaired) electrons. The van der Waals surface area contributed by atoms with E-state index in [1.54, 1.807) is 12.1 Å². The van der Waals surface area contributed by atoms with Crippen molar-refractivity contribution in [1.29, 1.82) is 0 Å². The molecular formula is C14H12F3NO2S2. The Morgan fingerprint density at radius 1 is 1.00 bits per heavy atom. The minimum absolute atomic E-state index is 0.0951. The maximum absolute atomic E-state index is 12.9. The Bertz CT molecular complexity index is 756. The van der Waals surface area contributed by atoms with Gasteiger partial charge in [0.25, 0.3) is 10.0 Å². The van der Waals surface area contributed by atoms with E-state index in [9.17, 15) is 21.6 Å². The molecule has 1 N–H and O–H groups in total. The van der Waals surface area contributed by atoms with Gasteiger partial charge in [0.05, 0.1) is 16.1 Å². The highest BCUT2D eigenvalue weighted by atomic mass is 32.2. The van der Waals surface area contributed by atoms with Crippen molar-refractivity contribution in [2.24, 2.45) is 0 Å². The molecule has 0 saturated heterocycles. The van der Waals surface area contributed by atoms with Crippen LogP contribution in [0, 0.1) is 0 Å². The zero-order chi connectivity index (χ0) is 16.4. The van der Waals surface area contributed by atoms with Crippen molar-refractivity contribution in [3.8, 4) is 0 Å². The third-order valence-corrected chi connectivity index (χ3v) is 4.97. The van der Waals surface area contributed by atoms with Gasteiger partial charge in [-0.25, -0.2) is 8.42 Å². The Morgan fingerprint density at radius 3 is 2.14 bits per heavy atom. The molecule has 118 valence electrons. The van der Waals surface area contributed by atoms with Crippen LogP contribution < -0.4 is 4.72 Å². The number of sulfonamides is 1. The van der Waals surface area contributed by atoms with Crippen molar-refractivity contribution in [3.05, 3.63) is 54.1 Å². The molecule has 2 rings (SSSR count). The maximum Gasteiger partial charge on any atom is 0.418 e. The van der Waals surface area contributed by atoms with E-state index in [1.807, 2.05) is 11.0 Å². The molecular weight excluding hydrogens is 335 g/mol. The van der Waals surface area contributed by atoms with Crippen LogP contribution in [0.3, 0.4) is 0 Å². The normalized spacial score (nSPS) is 12.2. The quantitative estimate of drug-likeness (QED) is 0.842. The lowest BCUT2D eigenvalue weighted by Gasteiger charge is -2.14. The summed E-state index contributed by atoms with van der Waals surface area (Å²) in [7, 11) is -4.08. The molecule has 8 heteroatoms. The molecule has 0 aliphatic heterocycles. The second-order valence-electron chi connectivity index (χ2n) is 4.32. The molecule has 0 unspecified atom stereocenters. The van der Waals surface area contributed by atoms with Gasteiger partial charge in [-0.2, -0.15) is 13.2 Å². The van der Waals surface area contributed by atoms with E-state index in [0.29, 0.717) is 0 Å². The topological polar surface area (TPSA) is 46.2 Å². The number of nitrogens with one attached hydrogen (secondary N) is 1. The van der Waals surface area contributed by atoms with Gasteiger partial charge in [0, 0.05) is 4.90 Å². The largest absolute Gasteiger partial charge is 0.418 e. The third-order valence-electron chi connectivity index (χ3n) is 2.85. The van der Waals surface area contributed by atoms with Crippen LogP contribution in [0.5, 0.6) is 0 Å². The first kappa shape index (κ1) is 16.7. The summed E-state index contributed by atoms with van der Waals surface area (Å²) in [5.74, 6) is 0. The summed E-state index contributed by atoms with van der Waals surface area (Å²) >= 11 is 1.43. The number of benzene rings is 2. The second-order valence-corrected chi connectivity index (χ2v) is 6.89.